The van der Waals surface area contributed by atoms with Crippen molar-refractivity contribution in [2.45, 2.75) is 25.4 Å². The van der Waals surface area contributed by atoms with Gasteiger partial charge in [-0.1, -0.05) is 0 Å². The molecular weight excluding hydrogens is 231 g/mol. The Labute approximate surface area is 107 Å². The molecule has 4 heteroatoms. The summed E-state index contributed by atoms with van der Waals surface area (Å²) in [5, 5.41) is 8.69. The van der Waals surface area contributed by atoms with Crippen LogP contribution in [0.4, 0.5) is 10.1 Å². The highest BCUT2D eigenvalue weighted by Gasteiger charge is 2.16. The number of hydrogen-bond donors (Lipinski definition) is 0. The van der Waals surface area contributed by atoms with Crippen LogP contribution in [0.15, 0.2) is 18.2 Å². The summed E-state index contributed by atoms with van der Waals surface area (Å²) in [6, 6.07) is 6.51. The fourth-order valence-corrected chi connectivity index (χ4v) is 2.19. The number of benzene rings is 1. The van der Waals surface area contributed by atoms with Gasteiger partial charge in [0, 0.05) is 25.9 Å². The van der Waals surface area contributed by atoms with Gasteiger partial charge in [-0.05, 0) is 37.5 Å². The number of hydrogen-bond acceptors (Lipinski definition) is 3. The molecule has 1 heterocycles. The Balaban J connectivity index is 2.02. The maximum Gasteiger partial charge on any atom is 0.143 e. The molecule has 0 amide bonds. The number of halogens is 1. The fraction of sp³-hybridized carbons (Fsp3) is 0.500. The third kappa shape index (κ3) is 2.99. The summed E-state index contributed by atoms with van der Waals surface area (Å²) in [6.45, 7) is 1.57. The molecule has 1 saturated heterocycles. The highest BCUT2D eigenvalue weighted by atomic mass is 19.1. The summed E-state index contributed by atoms with van der Waals surface area (Å²) in [6.07, 6.45) is 3.61. The summed E-state index contributed by atoms with van der Waals surface area (Å²) in [7, 11) is 1.92. The average molecular weight is 248 g/mol. The molecule has 2 rings (SSSR count). The maximum absolute atomic E-state index is 13.5. The third-order valence-corrected chi connectivity index (χ3v) is 3.27. The number of likely N-dealkylation sites (N-methyl/N-ethyl adjacent to an activating group) is 1. The van der Waals surface area contributed by atoms with Gasteiger partial charge in [-0.25, -0.2) is 4.39 Å². The van der Waals surface area contributed by atoms with Gasteiger partial charge in [0.1, 0.15) is 11.9 Å². The molecule has 0 saturated carbocycles. The zero-order chi connectivity index (χ0) is 13.0. The van der Waals surface area contributed by atoms with Crippen LogP contribution in [0.3, 0.4) is 0 Å². The van der Waals surface area contributed by atoms with Crippen LogP contribution in [-0.4, -0.2) is 26.3 Å². The molecule has 1 aromatic rings. The molecule has 0 radical (unpaired) electrons. The van der Waals surface area contributed by atoms with E-state index < -0.39 is 5.82 Å². The molecular formula is C14H17FN2O. The second-order valence-corrected chi connectivity index (χ2v) is 4.65. The molecule has 96 valence electrons. The Morgan fingerprint density at radius 2 is 2.33 bits per heavy atom. The molecule has 1 aromatic carbocycles. The molecule has 1 fully saturated rings. The van der Waals surface area contributed by atoms with Crippen LogP contribution in [0.25, 0.3) is 0 Å². The Kier molecular flexibility index (Phi) is 4.16. The highest BCUT2D eigenvalue weighted by molar-refractivity contribution is 5.50. The quantitative estimate of drug-likeness (QED) is 0.825. The van der Waals surface area contributed by atoms with E-state index in [1.165, 1.54) is 18.6 Å². The van der Waals surface area contributed by atoms with Crippen molar-refractivity contribution < 1.29 is 9.13 Å². The van der Waals surface area contributed by atoms with Gasteiger partial charge in [0.15, 0.2) is 0 Å². The zero-order valence-corrected chi connectivity index (χ0v) is 10.5. The Hall–Kier alpha value is -1.60. The first kappa shape index (κ1) is 12.8. The first-order chi connectivity index (χ1) is 8.70. The van der Waals surface area contributed by atoms with Gasteiger partial charge in [-0.3, -0.25) is 0 Å². The topological polar surface area (TPSA) is 36.3 Å². The van der Waals surface area contributed by atoms with Crippen molar-refractivity contribution in [3.8, 4) is 6.07 Å². The van der Waals surface area contributed by atoms with Crippen LogP contribution >= 0.6 is 0 Å². The molecule has 1 atom stereocenters. The van der Waals surface area contributed by atoms with Crippen LogP contribution in [0.2, 0.25) is 0 Å². The predicted octanol–water partition coefficient (Wildman–Crippen LogP) is 2.70. The van der Waals surface area contributed by atoms with E-state index in [1.807, 2.05) is 18.0 Å². The Bertz CT molecular complexity index is 450. The second kappa shape index (κ2) is 5.83. The largest absolute Gasteiger partial charge is 0.376 e. The van der Waals surface area contributed by atoms with Crippen molar-refractivity contribution >= 4 is 5.69 Å². The Morgan fingerprint density at radius 1 is 1.50 bits per heavy atom. The third-order valence-electron chi connectivity index (χ3n) is 3.27. The molecule has 0 bridgehead atoms. The van der Waals surface area contributed by atoms with Crippen LogP contribution in [0, 0.1) is 17.1 Å². The minimum atomic E-state index is -0.466. The van der Waals surface area contributed by atoms with Crippen molar-refractivity contribution in [1.29, 1.82) is 5.26 Å². The summed E-state index contributed by atoms with van der Waals surface area (Å²) in [5.74, 6) is -0.466. The number of nitriles is 1. The second-order valence-electron chi connectivity index (χ2n) is 4.65. The van der Waals surface area contributed by atoms with E-state index >= 15 is 0 Å². The molecule has 0 N–H and O–H groups in total. The summed E-state index contributed by atoms with van der Waals surface area (Å²) in [5.41, 5.74) is 0.863. The van der Waals surface area contributed by atoms with Crippen molar-refractivity contribution in [3.63, 3.8) is 0 Å². The molecule has 1 unspecified atom stereocenters. The zero-order valence-electron chi connectivity index (χ0n) is 10.5. The lowest BCUT2D eigenvalue weighted by Gasteiger charge is -2.28. The Morgan fingerprint density at radius 3 is 2.94 bits per heavy atom. The number of rotatable bonds is 3. The minimum Gasteiger partial charge on any atom is -0.376 e. The van der Waals surface area contributed by atoms with Gasteiger partial charge in [0.2, 0.25) is 0 Å². The lowest BCUT2D eigenvalue weighted by atomic mass is 10.1. The van der Waals surface area contributed by atoms with Crippen molar-refractivity contribution in [1.82, 2.24) is 0 Å². The van der Waals surface area contributed by atoms with Gasteiger partial charge >= 0.3 is 0 Å². The molecule has 1 aliphatic heterocycles. The van der Waals surface area contributed by atoms with Gasteiger partial charge in [-0.2, -0.15) is 5.26 Å². The molecule has 1 aliphatic rings. The smallest absolute Gasteiger partial charge is 0.143 e. The maximum atomic E-state index is 13.5. The lowest BCUT2D eigenvalue weighted by Crippen LogP contribution is -2.33. The molecule has 0 aromatic heterocycles. The van der Waals surface area contributed by atoms with E-state index in [0.29, 0.717) is 0 Å². The normalized spacial score (nSPS) is 19.3. The van der Waals surface area contributed by atoms with Gasteiger partial charge in [0.05, 0.1) is 11.7 Å². The first-order valence-corrected chi connectivity index (χ1v) is 6.23. The molecule has 3 nitrogen and oxygen atoms in total. The fourth-order valence-electron chi connectivity index (χ4n) is 2.19. The molecule has 18 heavy (non-hydrogen) atoms. The predicted molar refractivity (Wildman–Crippen MR) is 68.0 cm³/mol. The van der Waals surface area contributed by atoms with E-state index in [-0.39, 0.29) is 11.7 Å². The first-order valence-electron chi connectivity index (χ1n) is 6.23. The SMILES string of the molecule is CN(CC1CCCCO1)c1ccc(C#N)c(F)c1. The summed E-state index contributed by atoms with van der Waals surface area (Å²) in [4.78, 5) is 1.97. The van der Waals surface area contributed by atoms with E-state index in [1.54, 1.807) is 6.07 Å². The number of ether oxygens (including phenoxy) is 1. The van der Waals surface area contributed by atoms with E-state index in [0.717, 1.165) is 31.7 Å². The van der Waals surface area contributed by atoms with E-state index in [9.17, 15) is 4.39 Å². The van der Waals surface area contributed by atoms with E-state index in [2.05, 4.69) is 0 Å². The van der Waals surface area contributed by atoms with Gasteiger partial charge in [0.25, 0.3) is 0 Å². The van der Waals surface area contributed by atoms with Crippen LogP contribution in [0.5, 0.6) is 0 Å². The van der Waals surface area contributed by atoms with Crippen molar-refractivity contribution in [3.05, 3.63) is 29.6 Å². The standard InChI is InChI=1S/C14H17FN2O/c1-17(10-13-4-2-3-7-18-13)12-6-5-11(9-16)14(15)8-12/h5-6,8,13H,2-4,7,10H2,1H3. The number of anilines is 1. The van der Waals surface area contributed by atoms with Crippen LogP contribution in [-0.2, 0) is 4.74 Å². The monoisotopic (exact) mass is 248 g/mol. The van der Waals surface area contributed by atoms with Gasteiger partial charge in [-0.15, -0.1) is 0 Å². The average Bonchev–Trinajstić information content (AvgIpc) is 2.39. The minimum absolute atomic E-state index is 0.0843. The van der Waals surface area contributed by atoms with Crippen molar-refractivity contribution in [2.24, 2.45) is 0 Å². The summed E-state index contributed by atoms with van der Waals surface area (Å²) >= 11 is 0. The van der Waals surface area contributed by atoms with Crippen molar-refractivity contribution in [2.75, 3.05) is 25.1 Å². The van der Waals surface area contributed by atoms with Crippen LogP contribution in [0.1, 0.15) is 24.8 Å². The van der Waals surface area contributed by atoms with E-state index in [4.69, 9.17) is 10.00 Å². The number of nitrogens with zero attached hydrogens (tertiary/aromatic N) is 2. The van der Waals surface area contributed by atoms with Crippen LogP contribution < -0.4 is 4.90 Å². The molecule has 0 spiro atoms. The summed E-state index contributed by atoms with van der Waals surface area (Å²) < 4.78 is 19.2. The molecule has 0 aliphatic carbocycles. The highest BCUT2D eigenvalue weighted by Crippen LogP contribution is 2.20. The lowest BCUT2D eigenvalue weighted by molar-refractivity contribution is 0.0216. The van der Waals surface area contributed by atoms with Gasteiger partial charge < -0.3 is 9.64 Å².